The summed E-state index contributed by atoms with van der Waals surface area (Å²) in [4.78, 5) is 0. The lowest BCUT2D eigenvalue weighted by molar-refractivity contribution is 0.257. The molecule has 1 aliphatic heterocycles. The minimum Gasteiger partial charge on any atom is -0.493 e. The summed E-state index contributed by atoms with van der Waals surface area (Å²) < 4.78 is 5.57. The van der Waals surface area contributed by atoms with E-state index in [4.69, 9.17) is 4.74 Å². The first-order chi connectivity index (χ1) is 6.42. The van der Waals surface area contributed by atoms with Crippen LogP contribution in [0.25, 0.3) is 0 Å². The molecular formula is C11H14O2. The van der Waals surface area contributed by atoms with E-state index in [0.717, 1.165) is 30.8 Å². The van der Waals surface area contributed by atoms with E-state index >= 15 is 0 Å². The molecule has 13 heavy (non-hydrogen) atoms. The van der Waals surface area contributed by atoms with Crippen molar-refractivity contribution in [1.29, 1.82) is 0 Å². The zero-order valence-electron chi connectivity index (χ0n) is 7.57. The quantitative estimate of drug-likeness (QED) is 0.712. The van der Waals surface area contributed by atoms with Crippen LogP contribution < -0.4 is 4.74 Å². The topological polar surface area (TPSA) is 29.5 Å². The lowest BCUT2D eigenvalue weighted by atomic mass is 9.95. The van der Waals surface area contributed by atoms with Crippen molar-refractivity contribution in [2.75, 3.05) is 13.2 Å². The first-order valence-corrected chi connectivity index (χ1v) is 4.74. The molecule has 0 bridgehead atoms. The molecule has 2 heteroatoms. The number of hydrogen-bond donors (Lipinski definition) is 1. The number of para-hydroxylation sites is 1. The molecule has 0 aliphatic carbocycles. The lowest BCUT2D eigenvalue weighted by Crippen LogP contribution is -2.02. The number of aliphatic hydroxyl groups excluding tert-OH is 1. The van der Waals surface area contributed by atoms with Gasteiger partial charge in [0.1, 0.15) is 5.75 Å². The number of benzene rings is 1. The molecule has 1 N–H and O–H groups in total. The summed E-state index contributed by atoms with van der Waals surface area (Å²) >= 11 is 0. The second-order valence-electron chi connectivity index (χ2n) is 3.41. The van der Waals surface area contributed by atoms with Crippen molar-refractivity contribution in [3.63, 3.8) is 0 Å². The van der Waals surface area contributed by atoms with Crippen molar-refractivity contribution in [1.82, 2.24) is 0 Å². The van der Waals surface area contributed by atoms with Gasteiger partial charge in [-0.25, -0.2) is 0 Å². The van der Waals surface area contributed by atoms with Gasteiger partial charge in [-0.05, 0) is 24.5 Å². The maximum absolute atomic E-state index is 9.21. The van der Waals surface area contributed by atoms with Crippen LogP contribution in [0, 0.1) is 0 Å². The fourth-order valence-corrected chi connectivity index (χ4v) is 1.81. The number of ether oxygens (including phenoxy) is 1. The first-order valence-electron chi connectivity index (χ1n) is 4.74. The van der Waals surface area contributed by atoms with Crippen LogP contribution in [0.5, 0.6) is 5.75 Å². The van der Waals surface area contributed by atoms with Crippen LogP contribution in [-0.4, -0.2) is 18.3 Å². The van der Waals surface area contributed by atoms with Gasteiger partial charge in [0, 0.05) is 5.92 Å². The van der Waals surface area contributed by atoms with Crippen LogP contribution in [0.2, 0.25) is 0 Å². The van der Waals surface area contributed by atoms with E-state index in [1.807, 2.05) is 24.3 Å². The van der Waals surface area contributed by atoms with Crippen LogP contribution in [-0.2, 0) is 0 Å². The molecule has 0 spiro atoms. The second kappa shape index (κ2) is 3.79. The SMILES string of the molecule is OCC1CCCOc2ccccc21. The van der Waals surface area contributed by atoms with Crippen LogP contribution >= 0.6 is 0 Å². The van der Waals surface area contributed by atoms with Gasteiger partial charge in [-0.2, -0.15) is 0 Å². The summed E-state index contributed by atoms with van der Waals surface area (Å²) in [6, 6.07) is 7.99. The van der Waals surface area contributed by atoms with Gasteiger partial charge in [0.15, 0.2) is 0 Å². The average molecular weight is 178 g/mol. The Morgan fingerprint density at radius 2 is 2.23 bits per heavy atom. The van der Waals surface area contributed by atoms with E-state index in [2.05, 4.69) is 0 Å². The highest BCUT2D eigenvalue weighted by Gasteiger charge is 2.17. The molecule has 1 aromatic carbocycles. The molecule has 1 aromatic rings. The van der Waals surface area contributed by atoms with Gasteiger partial charge in [0.05, 0.1) is 13.2 Å². The minimum atomic E-state index is 0.223. The van der Waals surface area contributed by atoms with E-state index in [0.29, 0.717) is 0 Å². The molecule has 1 unspecified atom stereocenters. The standard InChI is InChI=1S/C11H14O2/c12-8-9-4-3-7-13-11-6-2-1-5-10(9)11/h1-2,5-6,9,12H,3-4,7-8H2. The third-order valence-corrected chi connectivity index (χ3v) is 2.53. The molecule has 1 aliphatic rings. The normalized spacial score (nSPS) is 21.5. The molecule has 0 aromatic heterocycles. The molecule has 0 radical (unpaired) electrons. The lowest BCUT2D eigenvalue weighted by Gasteiger charge is -2.12. The van der Waals surface area contributed by atoms with Crippen LogP contribution in [0.3, 0.4) is 0 Å². The van der Waals surface area contributed by atoms with Crippen LogP contribution in [0.15, 0.2) is 24.3 Å². The predicted molar refractivity (Wildman–Crippen MR) is 51.0 cm³/mol. The van der Waals surface area contributed by atoms with Crippen LogP contribution in [0.4, 0.5) is 0 Å². The monoisotopic (exact) mass is 178 g/mol. The second-order valence-corrected chi connectivity index (χ2v) is 3.41. The van der Waals surface area contributed by atoms with E-state index < -0.39 is 0 Å². The molecule has 0 saturated heterocycles. The van der Waals surface area contributed by atoms with E-state index in [-0.39, 0.29) is 12.5 Å². The summed E-state index contributed by atoms with van der Waals surface area (Å²) in [6.07, 6.45) is 2.05. The minimum absolute atomic E-state index is 0.223. The number of aliphatic hydroxyl groups is 1. The Kier molecular flexibility index (Phi) is 2.50. The van der Waals surface area contributed by atoms with Gasteiger partial charge in [-0.3, -0.25) is 0 Å². The third-order valence-electron chi connectivity index (χ3n) is 2.53. The van der Waals surface area contributed by atoms with Crippen molar-refractivity contribution in [3.8, 4) is 5.75 Å². The molecule has 1 heterocycles. The molecule has 2 rings (SSSR count). The first kappa shape index (κ1) is 8.57. The van der Waals surface area contributed by atoms with Crippen molar-refractivity contribution in [3.05, 3.63) is 29.8 Å². The summed E-state index contributed by atoms with van der Waals surface area (Å²) in [5.41, 5.74) is 1.16. The van der Waals surface area contributed by atoms with Gasteiger partial charge in [0.2, 0.25) is 0 Å². The smallest absolute Gasteiger partial charge is 0.122 e. The molecule has 2 nitrogen and oxygen atoms in total. The fraction of sp³-hybridized carbons (Fsp3) is 0.455. The maximum atomic E-state index is 9.21. The van der Waals surface area contributed by atoms with Gasteiger partial charge in [0.25, 0.3) is 0 Å². The van der Waals surface area contributed by atoms with Gasteiger partial charge in [-0.15, -0.1) is 0 Å². The van der Waals surface area contributed by atoms with Crippen molar-refractivity contribution in [2.24, 2.45) is 0 Å². The number of fused-ring (bicyclic) bond motifs is 1. The third kappa shape index (κ3) is 1.68. The number of rotatable bonds is 1. The highest BCUT2D eigenvalue weighted by atomic mass is 16.5. The van der Waals surface area contributed by atoms with Crippen molar-refractivity contribution < 1.29 is 9.84 Å². The maximum Gasteiger partial charge on any atom is 0.122 e. The Balaban J connectivity index is 2.35. The van der Waals surface area contributed by atoms with E-state index in [1.165, 1.54) is 0 Å². The Morgan fingerprint density at radius 1 is 1.38 bits per heavy atom. The molecule has 0 fully saturated rings. The average Bonchev–Trinajstić information content (AvgIpc) is 2.39. The summed E-state index contributed by atoms with van der Waals surface area (Å²) in [7, 11) is 0. The van der Waals surface area contributed by atoms with Crippen molar-refractivity contribution in [2.45, 2.75) is 18.8 Å². The van der Waals surface area contributed by atoms with E-state index in [1.54, 1.807) is 0 Å². The Hall–Kier alpha value is -1.02. The summed E-state index contributed by atoms with van der Waals surface area (Å²) in [5.74, 6) is 1.21. The fourth-order valence-electron chi connectivity index (χ4n) is 1.81. The highest BCUT2D eigenvalue weighted by molar-refractivity contribution is 5.36. The van der Waals surface area contributed by atoms with Crippen LogP contribution in [0.1, 0.15) is 24.3 Å². The predicted octanol–water partition coefficient (Wildman–Crippen LogP) is 1.94. The largest absolute Gasteiger partial charge is 0.493 e. The Bertz CT molecular complexity index is 283. The van der Waals surface area contributed by atoms with E-state index in [9.17, 15) is 5.11 Å². The van der Waals surface area contributed by atoms with Gasteiger partial charge in [-0.1, -0.05) is 18.2 Å². The van der Waals surface area contributed by atoms with Crippen molar-refractivity contribution >= 4 is 0 Å². The highest BCUT2D eigenvalue weighted by Crippen LogP contribution is 2.32. The number of hydrogen-bond acceptors (Lipinski definition) is 2. The Labute approximate surface area is 78.2 Å². The van der Waals surface area contributed by atoms with Gasteiger partial charge < -0.3 is 9.84 Å². The molecular weight excluding hydrogens is 164 g/mol. The summed E-state index contributed by atoms with van der Waals surface area (Å²) in [6.45, 7) is 0.994. The zero-order chi connectivity index (χ0) is 9.10. The molecule has 0 amide bonds. The Morgan fingerprint density at radius 3 is 3.08 bits per heavy atom. The summed E-state index contributed by atoms with van der Waals surface area (Å²) in [5, 5.41) is 9.21. The molecule has 1 atom stereocenters. The van der Waals surface area contributed by atoms with Gasteiger partial charge >= 0.3 is 0 Å². The molecule has 0 saturated carbocycles. The zero-order valence-corrected chi connectivity index (χ0v) is 7.57. The molecule has 70 valence electrons.